The number of rotatable bonds is 5. The Hall–Kier alpha value is -2.15. The number of fused-ring (bicyclic) bond motifs is 1. The van der Waals surface area contributed by atoms with Crippen LogP contribution in [0.15, 0.2) is 23.8 Å². The molecule has 1 amide bonds. The molecule has 3 heterocycles. The fourth-order valence-corrected chi connectivity index (χ4v) is 3.26. The number of hydrogen-bond donors (Lipinski definition) is 1. The number of hydrogen-bond acceptors (Lipinski definition) is 4. The van der Waals surface area contributed by atoms with Crippen LogP contribution in [0.4, 0.5) is 0 Å². The van der Waals surface area contributed by atoms with Crippen LogP contribution in [0.3, 0.4) is 0 Å². The average molecular weight is 331 g/mol. The highest BCUT2D eigenvalue weighted by atomic mass is 32.1. The van der Waals surface area contributed by atoms with Crippen LogP contribution in [0.2, 0.25) is 0 Å². The van der Waals surface area contributed by atoms with Crippen molar-refractivity contribution < 1.29 is 4.79 Å². The zero-order chi connectivity index (χ0) is 16.6. The van der Waals surface area contributed by atoms with Crippen LogP contribution in [-0.2, 0) is 13.5 Å². The van der Waals surface area contributed by atoms with Crippen molar-refractivity contribution >= 4 is 22.2 Å². The summed E-state index contributed by atoms with van der Waals surface area (Å²) in [4.78, 5) is 18.0. The van der Waals surface area contributed by atoms with Gasteiger partial charge in [-0.25, -0.2) is 4.98 Å². The van der Waals surface area contributed by atoms with E-state index in [4.69, 9.17) is 0 Å². The molecule has 0 aliphatic heterocycles. The molecule has 0 saturated carbocycles. The smallest absolute Gasteiger partial charge is 0.270 e. The number of aryl methyl sites for hydroxylation is 1. The summed E-state index contributed by atoms with van der Waals surface area (Å²) >= 11 is 1.58. The number of nitrogens with one attached hydrogen (secondary N) is 1. The van der Waals surface area contributed by atoms with Gasteiger partial charge >= 0.3 is 0 Å². The van der Waals surface area contributed by atoms with E-state index in [0.29, 0.717) is 11.6 Å². The van der Waals surface area contributed by atoms with Gasteiger partial charge in [-0.3, -0.25) is 13.9 Å². The lowest BCUT2D eigenvalue weighted by Crippen LogP contribution is -2.28. The second-order valence-corrected chi connectivity index (χ2v) is 7.07. The number of carbonyl (C=O) groups is 1. The van der Waals surface area contributed by atoms with Crippen LogP contribution in [0.1, 0.15) is 48.7 Å². The molecule has 0 bridgehead atoms. The minimum atomic E-state index is -0.155. The van der Waals surface area contributed by atoms with Gasteiger partial charge in [-0.15, -0.1) is 11.3 Å². The maximum atomic E-state index is 12.5. The van der Waals surface area contributed by atoms with E-state index in [9.17, 15) is 4.79 Å². The van der Waals surface area contributed by atoms with Crippen molar-refractivity contribution in [3.8, 4) is 0 Å². The third-order valence-corrected chi connectivity index (χ3v) is 4.45. The highest BCUT2D eigenvalue weighted by molar-refractivity contribution is 7.15. The van der Waals surface area contributed by atoms with Gasteiger partial charge in [0.05, 0.1) is 17.4 Å². The summed E-state index contributed by atoms with van der Waals surface area (Å²) < 4.78 is 3.61. The second-order valence-electron chi connectivity index (χ2n) is 6.20. The van der Waals surface area contributed by atoms with Crippen molar-refractivity contribution in [1.29, 1.82) is 0 Å². The SMILES string of the molecule is CC(C)Cc1cc(C(=O)N[C@H](C)c2cn3ccsc3n2)n(C)n1. The topological polar surface area (TPSA) is 64.2 Å². The first-order valence-corrected chi connectivity index (χ1v) is 8.58. The Balaban J connectivity index is 1.73. The van der Waals surface area contributed by atoms with E-state index >= 15 is 0 Å². The van der Waals surface area contributed by atoms with Crippen LogP contribution < -0.4 is 5.32 Å². The van der Waals surface area contributed by atoms with Crippen LogP contribution in [-0.4, -0.2) is 25.1 Å². The Kier molecular flexibility index (Phi) is 4.21. The lowest BCUT2D eigenvalue weighted by Gasteiger charge is -2.11. The molecule has 0 unspecified atom stereocenters. The van der Waals surface area contributed by atoms with Gasteiger partial charge in [0, 0.05) is 24.8 Å². The summed E-state index contributed by atoms with van der Waals surface area (Å²) in [6.07, 6.45) is 4.78. The maximum Gasteiger partial charge on any atom is 0.270 e. The van der Waals surface area contributed by atoms with E-state index in [2.05, 4.69) is 29.2 Å². The van der Waals surface area contributed by atoms with Crippen molar-refractivity contribution in [2.24, 2.45) is 13.0 Å². The third kappa shape index (κ3) is 3.29. The monoisotopic (exact) mass is 331 g/mol. The summed E-state index contributed by atoms with van der Waals surface area (Å²) in [5.74, 6) is 0.386. The van der Waals surface area contributed by atoms with E-state index in [1.807, 2.05) is 35.2 Å². The third-order valence-electron chi connectivity index (χ3n) is 3.68. The van der Waals surface area contributed by atoms with Gasteiger partial charge in [0.25, 0.3) is 5.91 Å². The standard InChI is InChI=1S/C16H21N5OS/c1-10(2)7-12-8-14(20(4)19-12)15(22)17-11(3)13-9-21-5-6-23-16(21)18-13/h5-6,8-11H,7H2,1-4H3,(H,17,22)/t11-/m1/s1. The van der Waals surface area contributed by atoms with Crippen LogP contribution in [0.5, 0.6) is 0 Å². The Morgan fingerprint density at radius 2 is 2.17 bits per heavy atom. The normalized spacial score (nSPS) is 12.9. The Labute approximate surface area is 139 Å². The molecule has 6 nitrogen and oxygen atoms in total. The Bertz CT molecular complexity index is 800. The van der Waals surface area contributed by atoms with E-state index in [1.165, 1.54) is 0 Å². The highest BCUT2D eigenvalue weighted by Crippen LogP contribution is 2.17. The first-order valence-electron chi connectivity index (χ1n) is 7.70. The van der Waals surface area contributed by atoms with Crippen LogP contribution >= 0.6 is 11.3 Å². The van der Waals surface area contributed by atoms with Crippen molar-refractivity contribution in [1.82, 2.24) is 24.5 Å². The molecule has 7 heteroatoms. The minimum absolute atomic E-state index is 0.126. The maximum absolute atomic E-state index is 12.5. The van der Waals surface area contributed by atoms with Crippen LogP contribution in [0, 0.1) is 5.92 Å². The number of thiazole rings is 1. The van der Waals surface area contributed by atoms with E-state index < -0.39 is 0 Å². The van der Waals surface area contributed by atoms with Gasteiger partial charge < -0.3 is 5.32 Å². The fourth-order valence-electron chi connectivity index (χ4n) is 2.56. The van der Waals surface area contributed by atoms with Gasteiger partial charge in [0.2, 0.25) is 0 Å². The predicted molar refractivity (Wildman–Crippen MR) is 90.7 cm³/mol. The molecular weight excluding hydrogens is 310 g/mol. The predicted octanol–water partition coefficient (Wildman–Crippen LogP) is 2.82. The van der Waals surface area contributed by atoms with Crippen molar-refractivity contribution in [3.63, 3.8) is 0 Å². The first kappa shape index (κ1) is 15.7. The zero-order valence-electron chi connectivity index (χ0n) is 13.8. The van der Waals surface area contributed by atoms with Crippen molar-refractivity contribution in [3.05, 3.63) is 40.9 Å². The van der Waals surface area contributed by atoms with Crippen molar-refractivity contribution in [2.75, 3.05) is 0 Å². The molecule has 0 radical (unpaired) electrons. The molecule has 0 saturated heterocycles. The molecule has 0 aliphatic rings. The number of nitrogens with zero attached hydrogens (tertiary/aromatic N) is 4. The summed E-state index contributed by atoms with van der Waals surface area (Å²) in [5, 5.41) is 9.40. The number of imidazole rings is 1. The Morgan fingerprint density at radius 3 is 2.87 bits per heavy atom. The zero-order valence-corrected chi connectivity index (χ0v) is 14.6. The fraction of sp³-hybridized carbons (Fsp3) is 0.438. The molecule has 122 valence electrons. The van der Waals surface area contributed by atoms with Gasteiger partial charge in [-0.2, -0.15) is 5.10 Å². The molecule has 0 aliphatic carbocycles. The Morgan fingerprint density at radius 1 is 1.39 bits per heavy atom. The molecule has 0 fully saturated rings. The molecule has 23 heavy (non-hydrogen) atoms. The number of carbonyl (C=O) groups excluding carboxylic acids is 1. The summed E-state index contributed by atoms with van der Waals surface area (Å²) in [6, 6.07) is 1.71. The summed E-state index contributed by atoms with van der Waals surface area (Å²) in [5.41, 5.74) is 2.38. The largest absolute Gasteiger partial charge is 0.343 e. The quantitative estimate of drug-likeness (QED) is 0.782. The molecule has 0 spiro atoms. The molecule has 0 aromatic carbocycles. The van der Waals surface area contributed by atoms with Gasteiger partial charge in [0.15, 0.2) is 4.96 Å². The summed E-state index contributed by atoms with van der Waals surface area (Å²) in [7, 11) is 1.80. The summed E-state index contributed by atoms with van der Waals surface area (Å²) in [6.45, 7) is 6.22. The molecule has 1 N–H and O–H groups in total. The van der Waals surface area contributed by atoms with E-state index in [1.54, 1.807) is 23.1 Å². The van der Waals surface area contributed by atoms with Crippen molar-refractivity contribution in [2.45, 2.75) is 33.2 Å². The molecular formula is C16H21N5OS. The van der Waals surface area contributed by atoms with E-state index in [0.717, 1.165) is 22.8 Å². The van der Waals surface area contributed by atoms with Gasteiger partial charge in [-0.05, 0) is 25.3 Å². The molecule has 3 rings (SSSR count). The van der Waals surface area contributed by atoms with E-state index in [-0.39, 0.29) is 11.9 Å². The molecule has 1 atom stereocenters. The van der Waals surface area contributed by atoms with Crippen LogP contribution in [0.25, 0.3) is 4.96 Å². The second kappa shape index (κ2) is 6.16. The average Bonchev–Trinajstić information content (AvgIpc) is 3.11. The lowest BCUT2D eigenvalue weighted by molar-refractivity contribution is 0.0929. The number of amides is 1. The first-order chi connectivity index (χ1) is 10.9. The minimum Gasteiger partial charge on any atom is -0.343 e. The van der Waals surface area contributed by atoms with Gasteiger partial charge in [-0.1, -0.05) is 13.8 Å². The molecule has 3 aromatic heterocycles. The number of aromatic nitrogens is 4. The lowest BCUT2D eigenvalue weighted by atomic mass is 10.1. The highest BCUT2D eigenvalue weighted by Gasteiger charge is 2.18. The molecule has 3 aromatic rings. The van der Waals surface area contributed by atoms with Gasteiger partial charge in [0.1, 0.15) is 5.69 Å².